The number of carboxylic acids is 1. The number of fused-ring (bicyclic) bond motifs is 3. The van der Waals surface area contributed by atoms with Gasteiger partial charge in [-0.3, -0.25) is 9.59 Å². The van der Waals surface area contributed by atoms with Gasteiger partial charge in [0, 0.05) is 42.0 Å². The normalized spacial score (nSPS) is 28.4. The summed E-state index contributed by atoms with van der Waals surface area (Å²) in [7, 11) is 0. The van der Waals surface area contributed by atoms with E-state index < -0.39 is 5.97 Å². The second kappa shape index (κ2) is 7.68. The fraction of sp³-hybridized carbons (Fsp3) is 0.615. The average Bonchev–Trinajstić information content (AvgIpc) is 3.48. The Bertz CT molecular complexity index is 999. The van der Waals surface area contributed by atoms with Crippen LogP contribution in [0, 0.1) is 5.41 Å². The van der Waals surface area contributed by atoms with Crippen molar-refractivity contribution in [3.05, 3.63) is 35.5 Å². The molecule has 2 saturated carbocycles. The zero-order valence-corrected chi connectivity index (χ0v) is 18.7. The van der Waals surface area contributed by atoms with Gasteiger partial charge in [-0.15, -0.1) is 0 Å². The maximum Gasteiger partial charge on any atom is 0.303 e. The molecule has 2 unspecified atom stereocenters. The number of rotatable bonds is 8. The number of piperidine rings is 2. The number of benzene rings is 1. The van der Waals surface area contributed by atoms with Crippen molar-refractivity contribution in [1.29, 1.82) is 0 Å². The summed E-state index contributed by atoms with van der Waals surface area (Å²) in [5, 5.41) is 10.4. The zero-order valence-electron chi connectivity index (χ0n) is 18.7. The summed E-state index contributed by atoms with van der Waals surface area (Å²) >= 11 is 0. The lowest BCUT2D eigenvalue weighted by atomic mass is 9.56. The highest BCUT2D eigenvalue weighted by atomic mass is 16.4. The molecule has 166 valence electrons. The van der Waals surface area contributed by atoms with Crippen molar-refractivity contribution < 1.29 is 14.7 Å². The van der Waals surface area contributed by atoms with Crippen LogP contribution >= 0.6 is 0 Å². The molecule has 1 aromatic carbocycles. The Morgan fingerprint density at radius 2 is 2.03 bits per heavy atom. The number of hydrogen-bond acceptors (Lipinski definition) is 2. The lowest BCUT2D eigenvalue weighted by Crippen LogP contribution is -2.63. The van der Waals surface area contributed by atoms with Crippen molar-refractivity contribution in [1.82, 2.24) is 9.88 Å². The second-order valence-corrected chi connectivity index (χ2v) is 10.4. The molecule has 31 heavy (non-hydrogen) atoms. The molecule has 2 N–H and O–H groups in total. The standard InChI is InChI=1S/C26H34N2O3/c1-3-18-12-26(10-9-24(30)31)13-19(14-26)28(18)23(29)11-16(2)21-15-27-22-6-4-5-20(25(21)22)17-7-8-17/h4-6,15-19,27H,3,7-14H2,1-2H3,(H,30,31). The molecule has 2 atom stereocenters. The van der Waals surface area contributed by atoms with Crippen LogP contribution in [0.1, 0.15) is 94.6 Å². The summed E-state index contributed by atoms with van der Waals surface area (Å²) in [6, 6.07) is 7.10. The predicted molar refractivity (Wildman–Crippen MR) is 121 cm³/mol. The van der Waals surface area contributed by atoms with Gasteiger partial charge in [0.25, 0.3) is 0 Å². The first-order valence-corrected chi connectivity index (χ1v) is 12.0. The quantitative estimate of drug-likeness (QED) is 0.585. The molecule has 0 spiro atoms. The Morgan fingerprint density at radius 3 is 2.71 bits per heavy atom. The van der Waals surface area contributed by atoms with E-state index >= 15 is 0 Å². The van der Waals surface area contributed by atoms with Crippen molar-refractivity contribution in [2.45, 2.75) is 95.6 Å². The highest BCUT2D eigenvalue weighted by Crippen LogP contribution is 2.56. The Morgan fingerprint density at radius 1 is 1.26 bits per heavy atom. The smallest absolute Gasteiger partial charge is 0.303 e. The van der Waals surface area contributed by atoms with Crippen LogP contribution in [0.3, 0.4) is 0 Å². The third kappa shape index (κ3) is 3.66. The Kier molecular flexibility index (Phi) is 5.10. The molecule has 2 bridgehead atoms. The highest BCUT2D eigenvalue weighted by Gasteiger charge is 2.54. The third-order valence-corrected chi connectivity index (χ3v) is 8.22. The first kappa shape index (κ1) is 20.6. The second-order valence-electron chi connectivity index (χ2n) is 10.4. The monoisotopic (exact) mass is 422 g/mol. The van der Waals surface area contributed by atoms with Crippen LogP contribution in [0.25, 0.3) is 10.9 Å². The van der Waals surface area contributed by atoms with Gasteiger partial charge in [-0.05, 0) is 79.4 Å². The van der Waals surface area contributed by atoms with E-state index in [1.54, 1.807) is 0 Å². The van der Waals surface area contributed by atoms with Crippen LogP contribution < -0.4 is 0 Å². The lowest BCUT2D eigenvalue weighted by molar-refractivity contribution is -0.161. The zero-order chi connectivity index (χ0) is 21.8. The number of carboxylic acid groups (broad SMARTS) is 1. The number of amides is 1. The van der Waals surface area contributed by atoms with Crippen LogP contribution in [0.4, 0.5) is 0 Å². The van der Waals surface area contributed by atoms with Crippen molar-refractivity contribution in [2.75, 3.05) is 0 Å². The minimum Gasteiger partial charge on any atom is -0.481 e. The van der Waals surface area contributed by atoms with Crippen LogP contribution in [-0.2, 0) is 9.59 Å². The summed E-state index contributed by atoms with van der Waals surface area (Å²) in [5.74, 6) is 0.427. The highest BCUT2D eigenvalue weighted by molar-refractivity contribution is 5.89. The van der Waals surface area contributed by atoms with E-state index in [9.17, 15) is 9.59 Å². The molecule has 2 aliphatic heterocycles. The van der Waals surface area contributed by atoms with Gasteiger partial charge in [0.05, 0.1) is 0 Å². The number of H-pyrrole nitrogens is 1. The van der Waals surface area contributed by atoms with Gasteiger partial charge in [0.1, 0.15) is 0 Å². The van der Waals surface area contributed by atoms with Crippen molar-refractivity contribution in [3.8, 4) is 0 Å². The van der Waals surface area contributed by atoms with E-state index in [2.05, 4.69) is 48.1 Å². The van der Waals surface area contributed by atoms with E-state index in [0.29, 0.717) is 18.4 Å². The Hall–Kier alpha value is -2.30. The number of aromatic amines is 1. The topological polar surface area (TPSA) is 73.4 Å². The minimum absolute atomic E-state index is 0.155. The van der Waals surface area contributed by atoms with E-state index in [0.717, 1.165) is 32.1 Å². The number of aliphatic carboxylic acids is 1. The molecular formula is C26H34N2O3. The number of hydrogen-bond donors (Lipinski definition) is 2. The van der Waals surface area contributed by atoms with E-state index in [4.69, 9.17) is 5.11 Å². The summed E-state index contributed by atoms with van der Waals surface area (Å²) in [6.07, 6.45) is 10.1. The Labute approximate surface area is 184 Å². The van der Waals surface area contributed by atoms with Gasteiger partial charge in [0.15, 0.2) is 0 Å². The summed E-state index contributed by atoms with van der Waals surface area (Å²) < 4.78 is 0. The number of carbonyl (C=O) groups excluding carboxylic acids is 1. The molecule has 2 aliphatic carbocycles. The molecule has 2 aromatic rings. The predicted octanol–water partition coefficient (Wildman–Crippen LogP) is 5.56. The molecule has 5 nitrogen and oxygen atoms in total. The maximum absolute atomic E-state index is 13.5. The lowest BCUT2D eigenvalue weighted by Gasteiger charge is -2.61. The average molecular weight is 423 g/mol. The summed E-state index contributed by atoms with van der Waals surface area (Å²) in [6.45, 7) is 4.35. The molecule has 4 fully saturated rings. The van der Waals surface area contributed by atoms with Crippen molar-refractivity contribution >= 4 is 22.8 Å². The molecule has 6 rings (SSSR count). The first-order valence-electron chi connectivity index (χ1n) is 12.0. The van der Waals surface area contributed by atoms with Gasteiger partial charge in [0.2, 0.25) is 5.91 Å². The van der Waals surface area contributed by atoms with Crippen molar-refractivity contribution in [3.63, 3.8) is 0 Å². The molecule has 0 radical (unpaired) electrons. The van der Waals surface area contributed by atoms with Gasteiger partial charge in [-0.1, -0.05) is 26.0 Å². The van der Waals surface area contributed by atoms with Crippen LogP contribution in [0.5, 0.6) is 0 Å². The molecule has 5 heteroatoms. The van der Waals surface area contributed by atoms with Gasteiger partial charge in [-0.2, -0.15) is 0 Å². The number of aromatic nitrogens is 1. The van der Waals surface area contributed by atoms with Crippen molar-refractivity contribution in [2.24, 2.45) is 5.41 Å². The van der Waals surface area contributed by atoms with Crippen LogP contribution in [0.15, 0.2) is 24.4 Å². The SMILES string of the molecule is CCC1CC2(CCC(=O)O)CC(C2)N1C(=O)CC(C)c1c[nH]c2cccc(C3CC3)c12. The van der Waals surface area contributed by atoms with E-state index in [1.165, 1.54) is 34.9 Å². The van der Waals surface area contributed by atoms with Crippen LogP contribution in [-0.4, -0.2) is 39.0 Å². The molecule has 1 aromatic heterocycles. The fourth-order valence-electron chi connectivity index (χ4n) is 6.47. The maximum atomic E-state index is 13.5. The first-order chi connectivity index (χ1) is 14.9. The molecular weight excluding hydrogens is 388 g/mol. The van der Waals surface area contributed by atoms with Gasteiger partial charge in [-0.25, -0.2) is 0 Å². The van der Waals surface area contributed by atoms with Crippen LogP contribution in [0.2, 0.25) is 0 Å². The number of nitrogens with one attached hydrogen (secondary N) is 1. The summed E-state index contributed by atoms with van der Waals surface area (Å²) in [4.78, 5) is 30.1. The Balaban J connectivity index is 1.31. The molecule has 1 amide bonds. The largest absolute Gasteiger partial charge is 0.481 e. The minimum atomic E-state index is -0.706. The fourth-order valence-corrected chi connectivity index (χ4v) is 6.47. The summed E-state index contributed by atoms with van der Waals surface area (Å²) in [5.41, 5.74) is 4.06. The third-order valence-electron chi connectivity index (χ3n) is 8.22. The molecule has 4 aliphatic rings. The van der Waals surface area contributed by atoms with E-state index in [1.807, 2.05) is 0 Å². The number of nitrogens with zero attached hydrogens (tertiary/aromatic N) is 1. The number of carbonyl (C=O) groups is 2. The molecule has 2 saturated heterocycles. The molecule has 3 heterocycles. The van der Waals surface area contributed by atoms with Gasteiger partial charge >= 0.3 is 5.97 Å². The van der Waals surface area contributed by atoms with Gasteiger partial charge < -0.3 is 15.0 Å². The van der Waals surface area contributed by atoms with E-state index in [-0.39, 0.29) is 29.7 Å².